The van der Waals surface area contributed by atoms with E-state index in [1.807, 2.05) is 11.8 Å². The molecule has 0 amide bonds. The molecule has 0 heterocycles. The Morgan fingerprint density at radius 1 is 1.33 bits per heavy atom. The van der Waals surface area contributed by atoms with E-state index in [4.69, 9.17) is 0 Å². The van der Waals surface area contributed by atoms with Crippen molar-refractivity contribution in [2.24, 2.45) is 0 Å². The van der Waals surface area contributed by atoms with Crippen LogP contribution in [0.4, 0.5) is 0 Å². The van der Waals surface area contributed by atoms with Gasteiger partial charge in [0, 0.05) is 4.90 Å². The topological polar surface area (TPSA) is 0 Å². The predicted molar refractivity (Wildman–Crippen MR) is 68.9 cm³/mol. The van der Waals surface area contributed by atoms with Crippen molar-refractivity contribution in [2.45, 2.75) is 50.8 Å². The van der Waals surface area contributed by atoms with Gasteiger partial charge in [-0.15, -0.1) is 11.8 Å². The van der Waals surface area contributed by atoms with Crippen LogP contribution in [0.25, 0.3) is 0 Å². The third-order valence-electron chi connectivity index (χ3n) is 3.71. The normalized spacial score (nSPS) is 23.5. The summed E-state index contributed by atoms with van der Waals surface area (Å²) in [6.45, 7) is 9.15. The molecule has 2 rings (SSSR count). The van der Waals surface area contributed by atoms with E-state index >= 15 is 0 Å². The second kappa shape index (κ2) is 3.86. The summed E-state index contributed by atoms with van der Waals surface area (Å²) < 4.78 is 0. The number of hydrogen-bond acceptors (Lipinski definition) is 1. The van der Waals surface area contributed by atoms with Crippen LogP contribution in [0, 0.1) is 6.92 Å². The molecule has 0 bridgehead atoms. The van der Waals surface area contributed by atoms with Crippen molar-refractivity contribution in [3.05, 3.63) is 28.8 Å². The molecule has 1 aliphatic carbocycles. The Balaban J connectivity index is 2.36. The van der Waals surface area contributed by atoms with E-state index in [1.54, 1.807) is 11.1 Å². The van der Waals surface area contributed by atoms with Crippen molar-refractivity contribution in [1.82, 2.24) is 0 Å². The third-order valence-corrected chi connectivity index (χ3v) is 4.75. The van der Waals surface area contributed by atoms with Crippen molar-refractivity contribution in [1.29, 1.82) is 0 Å². The van der Waals surface area contributed by atoms with E-state index in [1.165, 1.54) is 29.1 Å². The summed E-state index contributed by atoms with van der Waals surface area (Å²) in [5, 5.41) is 0. The zero-order valence-electron chi connectivity index (χ0n) is 10.2. The molecule has 0 radical (unpaired) electrons. The maximum absolute atomic E-state index is 2.42. The molecule has 1 aliphatic rings. The molecule has 1 unspecified atom stereocenters. The molecular weight excluding hydrogens is 200 g/mol. The maximum atomic E-state index is 2.42. The van der Waals surface area contributed by atoms with Gasteiger partial charge >= 0.3 is 0 Å². The average Bonchev–Trinajstić information content (AvgIpc) is 2.22. The van der Waals surface area contributed by atoms with Crippen LogP contribution < -0.4 is 0 Å². The standard InChI is InChI=1S/C14H20S/c1-5-14(4)9-11-8-13(15-6-2)10(3)7-12(11)14/h7-8H,5-6,9H2,1-4H3. The van der Waals surface area contributed by atoms with Gasteiger partial charge in [0.15, 0.2) is 0 Å². The van der Waals surface area contributed by atoms with Crippen LogP contribution in [-0.4, -0.2) is 5.75 Å². The molecule has 0 aromatic heterocycles. The molecule has 0 fully saturated rings. The molecule has 1 atom stereocenters. The molecule has 0 aliphatic heterocycles. The fourth-order valence-corrected chi connectivity index (χ4v) is 3.30. The van der Waals surface area contributed by atoms with Crippen LogP contribution >= 0.6 is 11.8 Å². The highest BCUT2D eigenvalue weighted by Crippen LogP contribution is 2.45. The molecule has 0 saturated heterocycles. The number of aryl methyl sites for hydroxylation is 1. The van der Waals surface area contributed by atoms with Crippen LogP contribution in [-0.2, 0) is 11.8 Å². The van der Waals surface area contributed by atoms with Gasteiger partial charge in [-0.25, -0.2) is 0 Å². The SMILES string of the molecule is CCSc1cc2c(cc1C)C(C)(CC)C2. The highest BCUT2D eigenvalue weighted by atomic mass is 32.2. The van der Waals surface area contributed by atoms with E-state index in [-0.39, 0.29) is 0 Å². The van der Waals surface area contributed by atoms with E-state index in [0.717, 1.165) is 0 Å². The summed E-state index contributed by atoms with van der Waals surface area (Å²) >= 11 is 1.97. The zero-order chi connectivity index (χ0) is 11.1. The Morgan fingerprint density at radius 3 is 2.67 bits per heavy atom. The molecule has 1 heteroatoms. The van der Waals surface area contributed by atoms with Gasteiger partial charge < -0.3 is 0 Å². The van der Waals surface area contributed by atoms with Crippen molar-refractivity contribution in [3.8, 4) is 0 Å². The van der Waals surface area contributed by atoms with E-state index < -0.39 is 0 Å². The monoisotopic (exact) mass is 220 g/mol. The van der Waals surface area contributed by atoms with Crippen molar-refractivity contribution >= 4 is 11.8 Å². The summed E-state index contributed by atoms with van der Waals surface area (Å²) in [5.41, 5.74) is 5.11. The molecule has 0 nitrogen and oxygen atoms in total. The number of thioether (sulfide) groups is 1. The number of benzene rings is 1. The summed E-state index contributed by atoms with van der Waals surface area (Å²) in [5.74, 6) is 1.17. The second-order valence-electron chi connectivity index (χ2n) is 4.80. The van der Waals surface area contributed by atoms with Crippen LogP contribution in [0.1, 0.15) is 43.9 Å². The summed E-state index contributed by atoms with van der Waals surface area (Å²) in [6.07, 6.45) is 2.54. The first kappa shape index (κ1) is 11.1. The summed E-state index contributed by atoms with van der Waals surface area (Å²) in [4.78, 5) is 1.48. The van der Waals surface area contributed by atoms with Gasteiger partial charge in [0.1, 0.15) is 0 Å². The quantitative estimate of drug-likeness (QED) is 0.683. The first-order chi connectivity index (χ1) is 7.10. The lowest BCUT2D eigenvalue weighted by molar-refractivity contribution is 0.394. The highest BCUT2D eigenvalue weighted by Gasteiger charge is 2.36. The third kappa shape index (κ3) is 1.71. The molecule has 0 saturated carbocycles. The smallest absolute Gasteiger partial charge is 0.0104 e. The van der Waals surface area contributed by atoms with E-state index in [0.29, 0.717) is 5.41 Å². The van der Waals surface area contributed by atoms with E-state index in [9.17, 15) is 0 Å². The Labute approximate surface area is 97.5 Å². The zero-order valence-corrected chi connectivity index (χ0v) is 11.0. The number of hydrogen-bond donors (Lipinski definition) is 0. The van der Waals surface area contributed by atoms with Gasteiger partial charge in [-0.05, 0) is 53.7 Å². The first-order valence-electron chi connectivity index (χ1n) is 5.87. The molecule has 1 aromatic carbocycles. The average molecular weight is 220 g/mol. The largest absolute Gasteiger partial charge is 0.126 e. The maximum Gasteiger partial charge on any atom is 0.0104 e. The Hall–Kier alpha value is -0.430. The molecular formula is C14H20S. The minimum Gasteiger partial charge on any atom is -0.126 e. The van der Waals surface area contributed by atoms with Gasteiger partial charge in [0.2, 0.25) is 0 Å². The van der Waals surface area contributed by atoms with Crippen molar-refractivity contribution in [2.75, 3.05) is 5.75 Å². The van der Waals surface area contributed by atoms with Gasteiger partial charge in [-0.3, -0.25) is 0 Å². The Morgan fingerprint density at radius 2 is 2.07 bits per heavy atom. The molecule has 0 N–H and O–H groups in total. The highest BCUT2D eigenvalue weighted by molar-refractivity contribution is 7.99. The minimum atomic E-state index is 0.468. The first-order valence-corrected chi connectivity index (χ1v) is 6.86. The van der Waals surface area contributed by atoms with Gasteiger partial charge in [0.05, 0.1) is 0 Å². The van der Waals surface area contributed by atoms with Gasteiger partial charge in [-0.1, -0.05) is 26.8 Å². The van der Waals surface area contributed by atoms with Crippen LogP contribution in [0.3, 0.4) is 0 Å². The van der Waals surface area contributed by atoms with E-state index in [2.05, 4.69) is 39.8 Å². The number of rotatable bonds is 3. The second-order valence-corrected chi connectivity index (χ2v) is 6.10. The summed E-state index contributed by atoms with van der Waals surface area (Å²) in [7, 11) is 0. The lowest BCUT2D eigenvalue weighted by Gasteiger charge is -2.41. The predicted octanol–water partition coefficient (Wildman–Crippen LogP) is 4.33. The van der Waals surface area contributed by atoms with Gasteiger partial charge in [0.25, 0.3) is 0 Å². The van der Waals surface area contributed by atoms with Gasteiger partial charge in [-0.2, -0.15) is 0 Å². The fourth-order valence-electron chi connectivity index (χ4n) is 2.47. The van der Waals surface area contributed by atoms with Crippen LogP contribution in [0.2, 0.25) is 0 Å². The molecule has 82 valence electrons. The lowest BCUT2D eigenvalue weighted by atomic mass is 9.63. The summed E-state index contributed by atoms with van der Waals surface area (Å²) in [6, 6.07) is 4.83. The van der Waals surface area contributed by atoms with Crippen LogP contribution in [0.5, 0.6) is 0 Å². The molecule has 1 aromatic rings. The lowest BCUT2D eigenvalue weighted by Crippen LogP contribution is -2.35. The Bertz CT molecular complexity index is 381. The van der Waals surface area contributed by atoms with Crippen LogP contribution in [0.15, 0.2) is 17.0 Å². The number of fused-ring (bicyclic) bond motifs is 1. The van der Waals surface area contributed by atoms with Crippen molar-refractivity contribution in [3.63, 3.8) is 0 Å². The van der Waals surface area contributed by atoms with Crippen molar-refractivity contribution < 1.29 is 0 Å². The Kier molecular flexibility index (Phi) is 2.85. The fraction of sp³-hybridized carbons (Fsp3) is 0.571. The molecule has 15 heavy (non-hydrogen) atoms. The molecule has 0 spiro atoms. The minimum absolute atomic E-state index is 0.468.